The number of amides is 2. The number of unbranched alkanes of at least 4 members (excludes halogenated alkanes) is 1. The molecule has 36 heavy (non-hydrogen) atoms. The van der Waals surface area contributed by atoms with Crippen LogP contribution in [0.5, 0.6) is 5.75 Å². The van der Waals surface area contributed by atoms with Crippen LogP contribution in [-0.4, -0.2) is 35.9 Å². The van der Waals surface area contributed by atoms with Crippen LogP contribution in [0.25, 0.3) is 0 Å². The largest absolute Gasteiger partial charge is 0.483 e. The van der Waals surface area contributed by atoms with Crippen molar-refractivity contribution in [1.82, 2.24) is 10.2 Å². The number of hydrogen-bond donors (Lipinski definition) is 1. The molecule has 3 rings (SSSR count). The first-order valence-electron chi connectivity index (χ1n) is 12.7. The maximum atomic E-state index is 13.7. The second-order valence-corrected chi connectivity index (χ2v) is 9.42. The average Bonchev–Trinajstić information content (AvgIpc) is 2.86. The summed E-state index contributed by atoms with van der Waals surface area (Å²) in [4.78, 5) is 28.8. The van der Waals surface area contributed by atoms with Crippen LogP contribution in [0.2, 0.25) is 0 Å². The van der Waals surface area contributed by atoms with E-state index in [1.165, 1.54) is 0 Å². The Bertz CT molecular complexity index is 1140. The maximum Gasteiger partial charge on any atom is 0.261 e. The molecule has 0 aliphatic heterocycles. The van der Waals surface area contributed by atoms with Crippen LogP contribution in [0.4, 0.5) is 0 Å². The lowest BCUT2D eigenvalue weighted by Gasteiger charge is -2.31. The van der Waals surface area contributed by atoms with Gasteiger partial charge in [0.25, 0.3) is 5.91 Å². The molecule has 0 spiro atoms. The zero-order valence-electron chi connectivity index (χ0n) is 21.9. The van der Waals surface area contributed by atoms with Gasteiger partial charge in [0, 0.05) is 19.5 Å². The van der Waals surface area contributed by atoms with Crippen LogP contribution in [0.3, 0.4) is 0 Å². The van der Waals surface area contributed by atoms with Crippen molar-refractivity contribution in [3.05, 3.63) is 101 Å². The van der Waals surface area contributed by atoms with E-state index in [1.54, 1.807) is 4.90 Å². The Morgan fingerprint density at radius 2 is 1.61 bits per heavy atom. The van der Waals surface area contributed by atoms with Crippen molar-refractivity contribution in [1.29, 1.82) is 0 Å². The van der Waals surface area contributed by atoms with Gasteiger partial charge in [0.2, 0.25) is 5.91 Å². The number of rotatable bonds is 12. The maximum absolute atomic E-state index is 13.7. The summed E-state index contributed by atoms with van der Waals surface area (Å²) in [6, 6.07) is 23.1. The van der Waals surface area contributed by atoms with Gasteiger partial charge in [-0.25, -0.2) is 0 Å². The van der Waals surface area contributed by atoms with Crippen LogP contribution in [0, 0.1) is 20.8 Å². The van der Waals surface area contributed by atoms with Gasteiger partial charge in [0.05, 0.1) is 0 Å². The Hall–Kier alpha value is -3.60. The van der Waals surface area contributed by atoms with Crippen LogP contribution < -0.4 is 10.1 Å². The number of nitrogens with zero attached hydrogens (tertiary/aromatic N) is 1. The highest BCUT2D eigenvalue weighted by Crippen LogP contribution is 2.20. The second-order valence-electron chi connectivity index (χ2n) is 9.42. The Balaban J connectivity index is 1.89. The molecule has 0 radical (unpaired) electrons. The third-order valence-electron chi connectivity index (χ3n) is 6.22. The number of benzene rings is 3. The third kappa shape index (κ3) is 7.98. The normalized spacial score (nSPS) is 11.6. The van der Waals surface area contributed by atoms with Crippen molar-refractivity contribution in [3.63, 3.8) is 0 Å². The fraction of sp³-hybridized carbons (Fsp3) is 0.355. The number of carbonyl (C=O) groups is 2. The highest BCUT2D eigenvalue weighted by molar-refractivity contribution is 5.88. The minimum Gasteiger partial charge on any atom is -0.483 e. The summed E-state index contributed by atoms with van der Waals surface area (Å²) in [6.45, 7) is 8.89. The molecule has 1 N–H and O–H groups in total. The number of hydrogen-bond acceptors (Lipinski definition) is 3. The fourth-order valence-electron chi connectivity index (χ4n) is 4.25. The highest BCUT2D eigenvalue weighted by Gasteiger charge is 2.30. The first-order chi connectivity index (χ1) is 17.4. The summed E-state index contributed by atoms with van der Waals surface area (Å²) in [6.07, 6.45) is 2.31. The van der Waals surface area contributed by atoms with E-state index in [0.717, 1.165) is 40.7 Å². The standard InChI is InChI=1S/C31H38N2O3/c1-5-6-17-32-31(35)28(20-26-12-8-7-9-13-26)33(21-27-14-10-11-23(2)19-27)30(34)22-36-29-16-15-24(3)18-25(29)4/h7-16,18-19,28H,5-6,17,20-22H2,1-4H3,(H,32,35). The first-order valence-corrected chi connectivity index (χ1v) is 12.7. The molecule has 0 heterocycles. The zero-order chi connectivity index (χ0) is 25.9. The summed E-state index contributed by atoms with van der Waals surface area (Å²) < 4.78 is 5.95. The summed E-state index contributed by atoms with van der Waals surface area (Å²) in [7, 11) is 0. The van der Waals surface area contributed by atoms with E-state index in [1.807, 2.05) is 87.5 Å². The van der Waals surface area contributed by atoms with E-state index in [0.29, 0.717) is 25.3 Å². The monoisotopic (exact) mass is 486 g/mol. The van der Waals surface area contributed by atoms with Crippen LogP contribution in [0.1, 0.15) is 47.6 Å². The Labute approximate surface area is 215 Å². The lowest BCUT2D eigenvalue weighted by atomic mass is 10.0. The van der Waals surface area contributed by atoms with E-state index in [2.05, 4.69) is 18.3 Å². The molecular weight excluding hydrogens is 448 g/mol. The number of nitrogens with one attached hydrogen (secondary N) is 1. The second kappa shape index (κ2) is 13.5. The molecule has 0 fully saturated rings. The molecule has 5 heteroatoms. The molecule has 190 valence electrons. The van der Waals surface area contributed by atoms with Gasteiger partial charge in [-0.05, 0) is 49.9 Å². The molecule has 2 amide bonds. The SMILES string of the molecule is CCCCNC(=O)C(Cc1ccccc1)N(Cc1cccc(C)c1)C(=O)COc1ccc(C)cc1C. The molecule has 0 aliphatic rings. The van der Waals surface area contributed by atoms with Crippen LogP contribution in [-0.2, 0) is 22.6 Å². The number of carbonyl (C=O) groups excluding carboxylic acids is 2. The molecule has 5 nitrogen and oxygen atoms in total. The van der Waals surface area contributed by atoms with E-state index >= 15 is 0 Å². The quantitative estimate of drug-likeness (QED) is 0.342. The Morgan fingerprint density at radius 1 is 0.889 bits per heavy atom. The zero-order valence-corrected chi connectivity index (χ0v) is 21.9. The molecule has 0 saturated carbocycles. The van der Waals surface area contributed by atoms with Crippen molar-refractivity contribution in [2.75, 3.05) is 13.2 Å². The molecule has 1 unspecified atom stereocenters. The van der Waals surface area contributed by atoms with E-state index in [4.69, 9.17) is 4.74 Å². The van der Waals surface area contributed by atoms with Crippen molar-refractivity contribution in [2.24, 2.45) is 0 Å². The lowest BCUT2D eigenvalue weighted by molar-refractivity contribution is -0.142. The van der Waals surface area contributed by atoms with Crippen molar-refractivity contribution >= 4 is 11.8 Å². The molecule has 1 atom stereocenters. The van der Waals surface area contributed by atoms with E-state index in [-0.39, 0.29) is 18.4 Å². The van der Waals surface area contributed by atoms with E-state index in [9.17, 15) is 9.59 Å². The fourth-order valence-corrected chi connectivity index (χ4v) is 4.25. The molecular formula is C31H38N2O3. The number of aryl methyl sites for hydroxylation is 3. The lowest BCUT2D eigenvalue weighted by Crippen LogP contribution is -2.51. The molecule has 3 aromatic carbocycles. The molecule has 3 aromatic rings. The Morgan fingerprint density at radius 3 is 2.31 bits per heavy atom. The topological polar surface area (TPSA) is 58.6 Å². The first kappa shape index (κ1) is 27.0. The summed E-state index contributed by atoms with van der Waals surface area (Å²) in [5, 5.41) is 3.05. The molecule has 0 saturated heterocycles. The minimum atomic E-state index is -0.653. The van der Waals surface area contributed by atoms with Gasteiger partial charge in [0.1, 0.15) is 11.8 Å². The predicted molar refractivity (Wildman–Crippen MR) is 145 cm³/mol. The smallest absolute Gasteiger partial charge is 0.261 e. The van der Waals surface area contributed by atoms with Gasteiger partial charge in [-0.2, -0.15) is 0 Å². The van der Waals surface area contributed by atoms with Crippen molar-refractivity contribution in [2.45, 2.75) is 59.5 Å². The van der Waals surface area contributed by atoms with Crippen LogP contribution in [0.15, 0.2) is 72.8 Å². The van der Waals surface area contributed by atoms with Gasteiger partial charge in [0.15, 0.2) is 6.61 Å². The van der Waals surface area contributed by atoms with Gasteiger partial charge >= 0.3 is 0 Å². The third-order valence-corrected chi connectivity index (χ3v) is 6.22. The predicted octanol–water partition coefficient (Wildman–Crippen LogP) is 5.55. The van der Waals surface area contributed by atoms with Crippen molar-refractivity contribution in [3.8, 4) is 5.75 Å². The van der Waals surface area contributed by atoms with Crippen molar-refractivity contribution < 1.29 is 14.3 Å². The number of ether oxygens (including phenoxy) is 1. The average molecular weight is 487 g/mol. The Kier molecular flexibility index (Phi) is 10.1. The van der Waals surface area contributed by atoms with Gasteiger partial charge in [-0.15, -0.1) is 0 Å². The van der Waals surface area contributed by atoms with Crippen LogP contribution >= 0.6 is 0 Å². The van der Waals surface area contributed by atoms with Gasteiger partial charge < -0.3 is 15.0 Å². The minimum absolute atomic E-state index is 0.136. The molecule has 0 aromatic heterocycles. The highest BCUT2D eigenvalue weighted by atomic mass is 16.5. The summed E-state index contributed by atoms with van der Waals surface area (Å²) >= 11 is 0. The van der Waals surface area contributed by atoms with E-state index < -0.39 is 6.04 Å². The summed E-state index contributed by atoms with van der Waals surface area (Å²) in [5.41, 5.74) is 5.21. The molecule has 0 aliphatic carbocycles. The molecule has 0 bridgehead atoms. The van der Waals surface area contributed by atoms with Gasteiger partial charge in [-0.3, -0.25) is 9.59 Å². The summed E-state index contributed by atoms with van der Waals surface area (Å²) in [5.74, 6) is 0.319. The van der Waals surface area contributed by atoms with Gasteiger partial charge in [-0.1, -0.05) is 91.2 Å².